The minimum absolute atomic E-state index is 0.506. The predicted molar refractivity (Wildman–Crippen MR) is 86.1 cm³/mol. The summed E-state index contributed by atoms with van der Waals surface area (Å²) >= 11 is 12.0. The van der Waals surface area contributed by atoms with Crippen LogP contribution in [-0.4, -0.2) is 30.9 Å². The van der Waals surface area contributed by atoms with Crippen molar-refractivity contribution in [3.63, 3.8) is 0 Å². The van der Waals surface area contributed by atoms with E-state index in [1.807, 2.05) is 19.9 Å². The molecular formula is C14H12Cl2N6. The maximum Gasteiger partial charge on any atom is 0.273 e. The van der Waals surface area contributed by atoms with Crippen molar-refractivity contribution in [1.82, 2.24) is 24.7 Å². The monoisotopic (exact) mass is 334 g/mol. The van der Waals surface area contributed by atoms with Gasteiger partial charge < -0.3 is 0 Å². The molecule has 0 aliphatic carbocycles. The molecule has 0 atom stereocenters. The van der Waals surface area contributed by atoms with Gasteiger partial charge >= 0.3 is 0 Å². The SMILES string of the molecule is Cc1cc(C)n(-c2nncn2N=Cc2ccc(Cl)cc2Cl)n1. The van der Waals surface area contributed by atoms with E-state index in [2.05, 4.69) is 20.4 Å². The molecule has 0 N–H and O–H groups in total. The molecule has 3 aromatic rings. The summed E-state index contributed by atoms with van der Waals surface area (Å²) in [6.45, 7) is 3.86. The van der Waals surface area contributed by atoms with Crippen LogP contribution in [-0.2, 0) is 0 Å². The Kier molecular flexibility index (Phi) is 3.96. The topological polar surface area (TPSA) is 60.9 Å². The van der Waals surface area contributed by atoms with Crippen molar-refractivity contribution >= 4 is 29.4 Å². The average Bonchev–Trinajstić information content (AvgIpc) is 3.03. The first-order valence-corrected chi connectivity index (χ1v) is 7.23. The molecule has 112 valence electrons. The highest BCUT2D eigenvalue weighted by Gasteiger charge is 2.10. The number of benzene rings is 1. The Morgan fingerprint density at radius 2 is 2.00 bits per heavy atom. The van der Waals surface area contributed by atoms with Gasteiger partial charge in [0.05, 0.1) is 16.9 Å². The van der Waals surface area contributed by atoms with E-state index in [-0.39, 0.29) is 0 Å². The number of halogens is 2. The summed E-state index contributed by atoms with van der Waals surface area (Å²) in [4.78, 5) is 0. The van der Waals surface area contributed by atoms with E-state index in [0.717, 1.165) is 17.0 Å². The molecule has 2 heterocycles. The molecule has 0 spiro atoms. The van der Waals surface area contributed by atoms with Crippen molar-refractivity contribution in [3.05, 3.63) is 57.6 Å². The molecule has 0 aliphatic rings. The molecule has 22 heavy (non-hydrogen) atoms. The summed E-state index contributed by atoms with van der Waals surface area (Å²) in [6.07, 6.45) is 3.13. The smallest absolute Gasteiger partial charge is 0.202 e. The standard InChI is InChI=1S/C14H12Cl2N6/c1-9-5-10(2)22(20-9)14-19-17-8-21(14)18-7-11-3-4-12(15)6-13(11)16/h3-8H,1-2H3. The van der Waals surface area contributed by atoms with E-state index in [1.165, 1.54) is 11.0 Å². The fraction of sp³-hybridized carbons (Fsp3) is 0.143. The predicted octanol–water partition coefficient (Wildman–Crippen LogP) is 3.27. The van der Waals surface area contributed by atoms with Gasteiger partial charge in [-0.25, -0.2) is 4.68 Å². The molecule has 0 fully saturated rings. The van der Waals surface area contributed by atoms with Gasteiger partial charge in [0, 0.05) is 16.3 Å². The maximum atomic E-state index is 6.12. The van der Waals surface area contributed by atoms with Gasteiger partial charge in [-0.15, -0.1) is 10.2 Å². The lowest BCUT2D eigenvalue weighted by atomic mass is 10.2. The molecule has 0 bridgehead atoms. The molecule has 3 rings (SSSR count). The fourth-order valence-corrected chi connectivity index (χ4v) is 2.46. The van der Waals surface area contributed by atoms with Gasteiger partial charge in [-0.1, -0.05) is 29.3 Å². The van der Waals surface area contributed by atoms with Crippen molar-refractivity contribution in [2.24, 2.45) is 5.10 Å². The third-order valence-electron chi connectivity index (χ3n) is 3.00. The summed E-state index contributed by atoms with van der Waals surface area (Å²) in [5.74, 6) is 0.506. The van der Waals surface area contributed by atoms with Gasteiger partial charge in [-0.3, -0.25) is 0 Å². The molecule has 0 saturated carbocycles. The van der Waals surface area contributed by atoms with Crippen molar-refractivity contribution in [2.75, 3.05) is 0 Å². The molecule has 1 aromatic carbocycles. The van der Waals surface area contributed by atoms with Gasteiger partial charge in [0.25, 0.3) is 5.95 Å². The van der Waals surface area contributed by atoms with Gasteiger partial charge in [0.15, 0.2) is 0 Å². The Morgan fingerprint density at radius 1 is 1.18 bits per heavy atom. The van der Waals surface area contributed by atoms with Crippen LogP contribution >= 0.6 is 23.2 Å². The Hall–Kier alpha value is -2.18. The van der Waals surface area contributed by atoms with Gasteiger partial charge in [-0.05, 0) is 32.0 Å². The fourth-order valence-electron chi connectivity index (χ4n) is 2.01. The average molecular weight is 335 g/mol. The third-order valence-corrected chi connectivity index (χ3v) is 3.56. The summed E-state index contributed by atoms with van der Waals surface area (Å²) in [5.41, 5.74) is 2.60. The number of hydrogen-bond donors (Lipinski definition) is 0. The lowest BCUT2D eigenvalue weighted by Crippen LogP contribution is -2.06. The summed E-state index contributed by atoms with van der Waals surface area (Å²) in [6, 6.07) is 7.17. The zero-order valence-electron chi connectivity index (χ0n) is 11.9. The lowest BCUT2D eigenvalue weighted by Gasteiger charge is -2.03. The van der Waals surface area contributed by atoms with Crippen LogP contribution in [0.2, 0.25) is 10.0 Å². The largest absolute Gasteiger partial charge is 0.273 e. The molecule has 0 amide bonds. The highest BCUT2D eigenvalue weighted by Crippen LogP contribution is 2.19. The second-order valence-corrected chi connectivity index (χ2v) is 5.57. The third kappa shape index (κ3) is 2.88. The number of hydrogen-bond acceptors (Lipinski definition) is 4. The van der Waals surface area contributed by atoms with Gasteiger partial charge in [0.2, 0.25) is 0 Å². The Balaban J connectivity index is 1.96. The minimum Gasteiger partial charge on any atom is -0.202 e. The lowest BCUT2D eigenvalue weighted by molar-refractivity contribution is 0.717. The molecule has 0 saturated heterocycles. The molecule has 0 aliphatic heterocycles. The quantitative estimate of drug-likeness (QED) is 0.690. The number of rotatable bonds is 3. The van der Waals surface area contributed by atoms with Crippen molar-refractivity contribution in [3.8, 4) is 5.95 Å². The van der Waals surface area contributed by atoms with Crippen LogP contribution in [0.1, 0.15) is 17.0 Å². The van der Waals surface area contributed by atoms with Crippen LogP contribution in [0, 0.1) is 13.8 Å². The molecular weight excluding hydrogens is 323 g/mol. The second-order valence-electron chi connectivity index (χ2n) is 4.72. The van der Waals surface area contributed by atoms with Crippen LogP contribution in [0.4, 0.5) is 0 Å². The Bertz CT molecular complexity index is 849. The summed E-state index contributed by atoms with van der Waals surface area (Å²) < 4.78 is 3.22. The first kappa shape index (κ1) is 14.7. The van der Waals surface area contributed by atoms with Crippen LogP contribution in [0.15, 0.2) is 35.7 Å². The van der Waals surface area contributed by atoms with Crippen LogP contribution in [0.5, 0.6) is 0 Å². The van der Waals surface area contributed by atoms with E-state index in [9.17, 15) is 0 Å². The number of nitrogens with zero attached hydrogens (tertiary/aromatic N) is 6. The van der Waals surface area contributed by atoms with Crippen LogP contribution in [0.25, 0.3) is 5.95 Å². The van der Waals surface area contributed by atoms with Crippen molar-refractivity contribution in [2.45, 2.75) is 13.8 Å². The minimum atomic E-state index is 0.506. The zero-order chi connectivity index (χ0) is 15.7. The van der Waals surface area contributed by atoms with Crippen molar-refractivity contribution < 1.29 is 0 Å². The van der Waals surface area contributed by atoms with E-state index >= 15 is 0 Å². The molecule has 2 aromatic heterocycles. The van der Waals surface area contributed by atoms with E-state index in [1.54, 1.807) is 29.1 Å². The first-order valence-electron chi connectivity index (χ1n) is 6.47. The normalized spacial score (nSPS) is 11.5. The molecule has 0 unspecified atom stereocenters. The van der Waals surface area contributed by atoms with Crippen molar-refractivity contribution in [1.29, 1.82) is 0 Å². The van der Waals surface area contributed by atoms with Gasteiger partial charge in [0.1, 0.15) is 6.33 Å². The molecule has 6 nitrogen and oxygen atoms in total. The Morgan fingerprint density at radius 3 is 2.68 bits per heavy atom. The van der Waals surface area contributed by atoms with E-state index in [0.29, 0.717) is 16.0 Å². The number of aryl methyl sites for hydroxylation is 2. The van der Waals surface area contributed by atoms with Crippen LogP contribution in [0.3, 0.4) is 0 Å². The molecule has 0 radical (unpaired) electrons. The highest BCUT2D eigenvalue weighted by molar-refractivity contribution is 6.36. The summed E-state index contributed by atoms with van der Waals surface area (Å²) in [7, 11) is 0. The van der Waals surface area contributed by atoms with E-state index < -0.39 is 0 Å². The molecule has 8 heteroatoms. The van der Waals surface area contributed by atoms with Gasteiger partial charge in [-0.2, -0.15) is 14.9 Å². The zero-order valence-corrected chi connectivity index (χ0v) is 13.4. The first-order chi connectivity index (χ1) is 10.5. The second kappa shape index (κ2) is 5.90. The Labute approximate surface area is 137 Å². The highest BCUT2D eigenvalue weighted by atomic mass is 35.5. The van der Waals surface area contributed by atoms with E-state index in [4.69, 9.17) is 23.2 Å². The summed E-state index contributed by atoms with van der Waals surface area (Å²) in [5, 5.41) is 17.7. The number of aromatic nitrogens is 5. The van der Waals surface area contributed by atoms with Crippen LogP contribution < -0.4 is 0 Å². The maximum absolute atomic E-state index is 6.12.